The predicted molar refractivity (Wildman–Crippen MR) is 96.6 cm³/mol. The van der Waals surface area contributed by atoms with Crippen molar-refractivity contribution in [2.45, 2.75) is 26.4 Å². The summed E-state index contributed by atoms with van der Waals surface area (Å²) in [5.41, 5.74) is 3.13. The molecule has 0 aliphatic rings. The van der Waals surface area contributed by atoms with Gasteiger partial charge in [0.2, 0.25) is 0 Å². The van der Waals surface area contributed by atoms with Gasteiger partial charge in [0.1, 0.15) is 0 Å². The summed E-state index contributed by atoms with van der Waals surface area (Å²) in [5, 5.41) is 2.79. The van der Waals surface area contributed by atoms with Gasteiger partial charge in [-0.1, -0.05) is 44.2 Å². The largest absolute Gasteiger partial charge is 0.452 e. The molecule has 25 heavy (non-hydrogen) atoms. The van der Waals surface area contributed by atoms with Gasteiger partial charge >= 0.3 is 5.97 Å². The van der Waals surface area contributed by atoms with Crippen molar-refractivity contribution in [3.8, 4) is 0 Å². The lowest BCUT2D eigenvalue weighted by Gasteiger charge is -2.13. The lowest BCUT2D eigenvalue weighted by molar-refractivity contribution is -0.119. The van der Waals surface area contributed by atoms with E-state index in [-0.39, 0.29) is 18.4 Å². The molecule has 132 valence electrons. The van der Waals surface area contributed by atoms with Crippen LogP contribution in [-0.4, -0.2) is 25.6 Å². The molecule has 0 radical (unpaired) electrons. The molecule has 0 aliphatic heterocycles. The number of anilines is 1. The zero-order chi connectivity index (χ0) is 18.2. The van der Waals surface area contributed by atoms with Crippen molar-refractivity contribution in [2.24, 2.45) is 0 Å². The average molecular weight is 341 g/mol. The third-order valence-electron chi connectivity index (χ3n) is 3.69. The van der Waals surface area contributed by atoms with E-state index in [1.807, 2.05) is 24.3 Å². The fraction of sp³-hybridized carbons (Fsp3) is 0.300. The second kappa shape index (κ2) is 8.99. The van der Waals surface area contributed by atoms with E-state index in [1.54, 1.807) is 31.4 Å². The zero-order valence-electron chi connectivity index (χ0n) is 14.7. The van der Waals surface area contributed by atoms with Gasteiger partial charge in [-0.2, -0.15) is 0 Å². The quantitative estimate of drug-likeness (QED) is 0.779. The van der Waals surface area contributed by atoms with Crippen LogP contribution in [0, 0.1) is 0 Å². The summed E-state index contributed by atoms with van der Waals surface area (Å²) in [5.74, 6) is -0.613. The molecule has 0 atom stereocenters. The first-order valence-electron chi connectivity index (χ1n) is 8.15. The first kappa shape index (κ1) is 18.7. The molecule has 2 rings (SSSR count). The van der Waals surface area contributed by atoms with Gasteiger partial charge in [-0.15, -0.1) is 0 Å². The minimum absolute atomic E-state index is 0.282. The first-order chi connectivity index (χ1) is 12.0. The molecule has 0 unspecified atom stereocenters. The normalized spacial score (nSPS) is 10.6. The third kappa shape index (κ3) is 5.43. The second-order valence-electron chi connectivity index (χ2n) is 6.00. The molecule has 0 spiro atoms. The lowest BCUT2D eigenvalue weighted by atomic mass is 10.0. The third-order valence-corrected chi connectivity index (χ3v) is 3.69. The molecular formula is C20H23NO4. The van der Waals surface area contributed by atoms with Crippen LogP contribution in [0.4, 0.5) is 5.69 Å². The minimum Gasteiger partial charge on any atom is -0.452 e. The molecule has 1 N–H and O–H groups in total. The second-order valence-corrected chi connectivity index (χ2v) is 6.00. The van der Waals surface area contributed by atoms with E-state index in [1.165, 1.54) is 0 Å². The van der Waals surface area contributed by atoms with Crippen molar-refractivity contribution in [2.75, 3.05) is 19.0 Å². The van der Waals surface area contributed by atoms with Crippen molar-refractivity contribution in [3.05, 3.63) is 65.2 Å². The van der Waals surface area contributed by atoms with Gasteiger partial charge in [0.05, 0.1) is 12.2 Å². The van der Waals surface area contributed by atoms with Gasteiger partial charge < -0.3 is 14.8 Å². The van der Waals surface area contributed by atoms with E-state index < -0.39 is 5.97 Å². The summed E-state index contributed by atoms with van der Waals surface area (Å²) in [6, 6.07) is 14.5. The van der Waals surface area contributed by atoms with E-state index in [4.69, 9.17) is 9.47 Å². The highest BCUT2D eigenvalue weighted by molar-refractivity contribution is 5.96. The highest BCUT2D eigenvalue weighted by Gasteiger charge is 2.12. The molecule has 0 aromatic heterocycles. The summed E-state index contributed by atoms with van der Waals surface area (Å²) < 4.78 is 10.1. The van der Waals surface area contributed by atoms with Crippen LogP contribution in [0.25, 0.3) is 0 Å². The number of carbonyl (C=O) groups excluding carboxylic acids is 2. The predicted octanol–water partition coefficient (Wildman–Crippen LogP) is 3.75. The van der Waals surface area contributed by atoms with E-state index in [0.29, 0.717) is 12.2 Å². The number of ether oxygens (including phenoxy) is 2. The van der Waals surface area contributed by atoms with Gasteiger partial charge in [-0.25, -0.2) is 4.79 Å². The van der Waals surface area contributed by atoms with E-state index >= 15 is 0 Å². The van der Waals surface area contributed by atoms with Gasteiger partial charge in [0.25, 0.3) is 5.91 Å². The summed E-state index contributed by atoms with van der Waals surface area (Å²) in [4.78, 5) is 24.1. The number of methoxy groups -OCH3 is 1. The number of carbonyl (C=O) groups is 2. The Labute approximate surface area is 148 Å². The Kier molecular flexibility index (Phi) is 6.71. The van der Waals surface area contributed by atoms with Crippen LogP contribution in [0.3, 0.4) is 0 Å². The van der Waals surface area contributed by atoms with Gasteiger partial charge in [0, 0.05) is 12.8 Å². The highest BCUT2D eigenvalue weighted by atomic mass is 16.5. The first-order valence-corrected chi connectivity index (χ1v) is 8.15. The van der Waals surface area contributed by atoms with Crippen LogP contribution in [-0.2, 0) is 20.9 Å². The molecule has 5 heteroatoms. The number of benzene rings is 2. The van der Waals surface area contributed by atoms with Crippen molar-refractivity contribution in [1.29, 1.82) is 0 Å². The van der Waals surface area contributed by atoms with Gasteiger partial charge in [-0.05, 0) is 35.2 Å². The van der Waals surface area contributed by atoms with Crippen LogP contribution in [0.5, 0.6) is 0 Å². The van der Waals surface area contributed by atoms with E-state index in [2.05, 4.69) is 19.2 Å². The number of rotatable bonds is 7. The molecule has 2 aromatic carbocycles. The van der Waals surface area contributed by atoms with E-state index in [0.717, 1.165) is 16.8 Å². The molecule has 2 aromatic rings. The Balaban J connectivity index is 1.90. The van der Waals surface area contributed by atoms with Gasteiger partial charge in [-0.3, -0.25) is 4.79 Å². The van der Waals surface area contributed by atoms with Crippen molar-refractivity contribution in [1.82, 2.24) is 0 Å². The Morgan fingerprint density at radius 2 is 1.72 bits per heavy atom. The smallest absolute Gasteiger partial charge is 0.338 e. The van der Waals surface area contributed by atoms with Crippen molar-refractivity contribution < 1.29 is 19.1 Å². The number of amides is 1. The number of hydrogen-bond acceptors (Lipinski definition) is 4. The number of para-hydroxylation sites is 1. The molecule has 0 heterocycles. The fourth-order valence-electron chi connectivity index (χ4n) is 2.42. The lowest BCUT2D eigenvalue weighted by Crippen LogP contribution is -2.21. The Hall–Kier alpha value is -2.66. The molecule has 0 fully saturated rings. The van der Waals surface area contributed by atoms with Crippen LogP contribution in [0.1, 0.15) is 41.3 Å². The topological polar surface area (TPSA) is 64.6 Å². The molecule has 0 saturated heterocycles. The molecule has 0 saturated carbocycles. The summed E-state index contributed by atoms with van der Waals surface area (Å²) in [7, 11) is 1.61. The SMILES string of the molecule is COCc1ccc(C(=O)OCC(=O)Nc2ccccc2C(C)C)cc1. The number of nitrogens with one attached hydrogen (secondary N) is 1. The van der Waals surface area contributed by atoms with Crippen LogP contribution < -0.4 is 5.32 Å². The summed E-state index contributed by atoms with van der Waals surface area (Å²) in [6.45, 7) is 4.26. The monoisotopic (exact) mass is 341 g/mol. The Morgan fingerprint density at radius 1 is 1.04 bits per heavy atom. The fourth-order valence-corrected chi connectivity index (χ4v) is 2.42. The summed E-state index contributed by atoms with van der Waals surface area (Å²) in [6.07, 6.45) is 0. The van der Waals surface area contributed by atoms with Crippen molar-refractivity contribution >= 4 is 17.6 Å². The molecule has 1 amide bonds. The van der Waals surface area contributed by atoms with E-state index in [9.17, 15) is 9.59 Å². The molecule has 0 aliphatic carbocycles. The summed E-state index contributed by atoms with van der Waals surface area (Å²) >= 11 is 0. The minimum atomic E-state index is -0.531. The standard InChI is InChI=1S/C20H23NO4/c1-14(2)17-6-4-5-7-18(17)21-19(22)13-25-20(23)16-10-8-15(9-11-16)12-24-3/h4-11,14H,12-13H2,1-3H3,(H,21,22). The molecular weight excluding hydrogens is 318 g/mol. The molecule has 0 bridgehead atoms. The van der Waals surface area contributed by atoms with Crippen LogP contribution in [0.2, 0.25) is 0 Å². The maximum Gasteiger partial charge on any atom is 0.338 e. The number of esters is 1. The van der Waals surface area contributed by atoms with Crippen LogP contribution in [0.15, 0.2) is 48.5 Å². The number of hydrogen-bond donors (Lipinski definition) is 1. The highest BCUT2D eigenvalue weighted by Crippen LogP contribution is 2.23. The van der Waals surface area contributed by atoms with Crippen molar-refractivity contribution in [3.63, 3.8) is 0 Å². The zero-order valence-corrected chi connectivity index (χ0v) is 14.7. The van der Waals surface area contributed by atoms with Gasteiger partial charge in [0.15, 0.2) is 6.61 Å². The Bertz CT molecular complexity index is 723. The maximum absolute atomic E-state index is 12.1. The Morgan fingerprint density at radius 3 is 2.36 bits per heavy atom. The molecule has 5 nitrogen and oxygen atoms in total. The maximum atomic E-state index is 12.1. The van der Waals surface area contributed by atoms with Crippen LogP contribution >= 0.6 is 0 Å². The average Bonchev–Trinajstić information content (AvgIpc) is 2.61.